The highest BCUT2D eigenvalue weighted by atomic mass is 19.1. The molecule has 36 heavy (non-hydrogen) atoms. The van der Waals surface area contributed by atoms with Gasteiger partial charge in [-0.3, -0.25) is 14.5 Å². The van der Waals surface area contributed by atoms with E-state index >= 15 is 0 Å². The summed E-state index contributed by atoms with van der Waals surface area (Å²) in [6.07, 6.45) is 10.6. The molecule has 0 aliphatic carbocycles. The van der Waals surface area contributed by atoms with Gasteiger partial charge in [-0.2, -0.15) is 10.3 Å². The predicted octanol–water partition coefficient (Wildman–Crippen LogP) is 3.99. The number of hydrogen-bond acceptors (Lipinski definition) is 6. The first-order valence-corrected chi connectivity index (χ1v) is 11.0. The van der Waals surface area contributed by atoms with Crippen LogP contribution in [0.5, 0.6) is 0 Å². The highest BCUT2D eigenvalue weighted by Gasteiger charge is 2.22. The Kier molecular flexibility index (Phi) is 5.27. The van der Waals surface area contributed by atoms with Gasteiger partial charge in [-0.05, 0) is 49.7 Å². The van der Waals surface area contributed by atoms with Crippen LogP contribution in [0.2, 0.25) is 0 Å². The van der Waals surface area contributed by atoms with Gasteiger partial charge in [0.05, 0.1) is 51.8 Å². The molecule has 1 aromatic carbocycles. The van der Waals surface area contributed by atoms with Crippen LogP contribution in [0, 0.1) is 29.6 Å². The number of halogens is 1. The molecule has 5 rings (SSSR count). The third-order valence-corrected chi connectivity index (χ3v) is 6.20. The van der Waals surface area contributed by atoms with E-state index in [1.54, 1.807) is 12.4 Å². The van der Waals surface area contributed by atoms with Crippen molar-refractivity contribution in [2.75, 3.05) is 5.73 Å². The summed E-state index contributed by atoms with van der Waals surface area (Å²) in [7, 11) is 1.85. The van der Waals surface area contributed by atoms with Crippen LogP contribution in [0.1, 0.15) is 19.5 Å². The number of anilines is 1. The quantitative estimate of drug-likeness (QED) is 0.396. The van der Waals surface area contributed by atoms with E-state index in [1.807, 2.05) is 60.4 Å². The molecule has 176 valence electrons. The third kappa shape index (κ3) is 3.55. The number of aryl methyl sites for hydroxylation is 1. The van der Waals surface area contributed by atoms with Crippen LogP contribution in [-0.2, 0) is 12.5 Å². The minimum absolute atomic E-state index is 0.152. The minimum atomic E-state index is -0.734. The van der Waals surface area contributed by atoms with Gasteiger partial charge < -0.3 is 10.3 Å². The fourth-order valence-corrected chi connectivity index (χ4v) is 4.16. The van der Waals surface area contributed by atoms with Gasteiger partial charge in [0.15, 0.2) is 11.6 Å². The third-order valence-electron chi connectivity index (χ3n) is 6.20. The standard InChI is InChI=1S/C27H21FN8/c1-5-31-26-35(4)22-14-32-21-8-6-16(17-11-20(28)25(30)34-12-17)10-19(21)24(22)36(26)18-7-9-23(33-13-18)27(2,3)15-29/h1,6-14H,2-4H3,(H2,30,34)/b31-26+. The van der Waals surface area contributed by atoms with Gasteiger partial charge in [-0.15, -0.1) is 0 Å². The van der Waals surface area contributed by atoms with E-state index in [4.69, 9.17) is 12.2 Å². The number of pyridine rings is 3. The van der Waals surface area contributed by atoms with Gasteiger partial charge in [-0.1, -0.05) is 12.5 Å². The molecule has 4 heterocycles. The fraction of sp³-hybridized carbons (Fsp3) is 0.148. The highest BCUT2D eigenvalue weighted by molar-refractivity contribution is 6.04. The van der Waals surface area contributed by atoms with Crippen LogP contribution in [0.15, 0.2) is 60.0 Å². The van der Waals surface area contributed by atoms with Crippen molar-refractivity contribution in [3.05, 3.63) is 72.1 Å². The van der Waals surface area contributed by atoms with Crippen molar-refractivity contribution in [1.29, 1.82) is 5.26 Å². The molecule has 4 aromatic heterocycles. The van der Waals surface area contributed by atoms with Crippen LogP contribution in [0.25, 0.3) is 38.8 Å². The predicted molar refractivity (Wildman–Crippen MR) is 136 cm³/mol. The number of nitrogen functional groups attached to an aromatic ring is 1. The lowest BCUT2D eigenvalue weighted by atomic mass is 9.91. The SMILES string of the molecule is C#C/N=c1\n(C)c2cnc3ccc(-c4cnc(N)c(F)c4)cc3c2n1-c1ccc(C(C)(C)C#N)nc1. The highest BCUT2D eigenvalue weighted by Crippen LogP contribution is 2.30. The summed E-state index contributed by atoms with van der Waals surface area (Å²) >= 11 is 0. The van der Waals surface area contributed by atoms with Gasteiger partial charge in [0.2, 0.25) is 5.62 Å². The van der Waals surface area contributed by atoms with Crippen molar-refractivity contribution in [2.45, 2.75) is 19.3 Å². The van der Waals surface area contributed by atoms with Gasteiger partial charge in [0.25, 0.3) is 0 Å². The van der Waals surface area contributed by atoms with Crippen molar-refractivity contribution in [1.82, 2.24) is 24.1 Å². The molecule has 0 saturated heterocycles. The number of imidazole rings is 1. The lowest BCUT2D eigenvalue weighted by Crippen LogP contribution is -2.23. The van der Waals surface area contributed by atoms with E-state index < -0.39 is 11.2 Å². The molecule has 0 aliphatic heterocycles. The minimum Gasteiger partial charge on any atom is -0.381 e. The Labute approximate surface area is 206 Å². The first kappa shape index (κ1) is 22.8. The van der Waals surface area contributed by atoms with Gasteiger partial charge in [0, 0.05) is 30.2 Å². The maximum absolute atomic E-state index is 14.1. The zero-order chi connectivity index (χ0) is 25.6. The van der Waals surface area contributed by atoms with Crippen LogP contribution >= 0.6 is 0 Å². The lowest BCUT2D eigenvalue weighted by Gasteiger charge is -2.15. The summed E-state index contributed by atoms with van der Waals surface area (Å²) in [5.41, 5.74) is 10.3. The second-order valence-electron chi connectivity index (χ2n) is 8.89. The Bertz CT molecular complexity index is 1810. The van der Waals surface area contributed by atoms with Crippen molar-refractivity contribution in [2.24, 2.45) is 12.0 Å². The average Bonchev–Trinajstić information content (AvgIpc) is 3.17. The summed E-state index contributed by atoms with van der Waals surface area (Å²) in [5.74, 6) is -0.735. The van der Waals surface area contributed by atoms with E-state index in [2.05, 4.69) is 32.1 Å². The lowest BCUT2D eigenvalue weighted by molar-refractivity contribution is 0.628. The van der Waals surface area contributed by atoms with Crippen molar-refractivity contribution in [3.63, 3.8) is 0 Å². The van der Waals surface area contributed by atoms with Crippen LogP contribution < -0.4 is 11.4 Å². The molecule has 0 aliphatic rings. The zero-order valence-corrected chi connectivity index (χ0v) is 19.9. The van der Waals surface area contributed by atoms with Crippen LogP contribution in [0.4, 0.5) is 10.2 Å². The molecule has 0 spiro atoms. The summed E-state index contributed by atoms with van der Waals surface area (Å²) in [6.45, 7) is 3.63. The fourth-order valence-electron chi connectivity index (χ4n) is 4.16. The number of benzene rings is 1. The maximum Gasteiger partial charge on any atom is 0.224 e. The number of nitrogens with two attached hydrogens (primary N) is 1. The molecule has 9 heteroatoms. The van der Waals surface area contributed by atoms with Crippen LogP contribution in [0.3, 0.4) is 0 Å². The summed E-state index contributed by atoms with van der Waals surface area (Å²) < 4.78 is 17.9. The second-order valence-corrected chi connectivity index (χ2v) is 8.89. The van der Waals surface area contributed by atoms with Gasteiger partial charge in [-0.25, -0.2) is 9.37 Å². The van der Waals surface area contributed by atoms with Crippen molar-refractivity contribution >= 4 is 27.8 Å². The number of terminal acetylenes is 1. The van der Waals surface area contributed by atoms with E-state index in [1.165, 1.54) is 12.3 Å². The molecule has 0 atom stereocenters. The van der Waals surface area contributed by atoms with Crippen LogP contribution in [-0.4, -0.2) is 24.1 Å². The number of aromatic nitrogens is 5. The number of fused-ring (bicyclic) bond motifs is 3. The molecule has 5 aromatic rings. The van der Waals surface area contributed by atoms with Crippen molar-refractivity contribution in [3.8, 4) is 35.4 Å². The van der Waals surface area contributed by atoms with E-state index in [0.717, 1.165) is 27.5 Å². The molecule has 0 radical (unpaired) electrons. The van der Waals surface area contributed by atoms with E-state index in [-0.39, 0.29) is 5.82 Å². The van der Waals surface area contributed by atoms with Gasteiger partial charge >= 0.3 is 0 Å². The smallest absolute Gasteiger partial charge is 0.224 e. The largest absolute Gasteiger partial charge is 0.381 e. The monoisotopic (exact) mass is 476 g/mol. The Morgan fingerprint density at radius 2 is 1.86 bits per heavy atom. The average molecular weight is 477 g/mol. The number of hydrogen-bond donors (Lipinski definition) is 1. The topological polar surface area (TPSA) is 111 Å². The Hall–Kier alpha value is -5.02. The number of nitriles is 1. The first-order chi connectivity index (χ1) is 17.2. The summed E-state index contributed by atoms with van der Waals surface area (Å²) in [6, 6.07) is 15.3. The molecule has 0 fully saturated rings. The van der Waals surface area contributed by atoms with Crippen molar-refractivity contribution < 1.29 is 4.39 Å². The number of nitrogens with zero attached hydrogens (tertiary/aromatic N) is 7. The van der Waals surface area contributed by atoms with Gasteiger partial charge in [0.1, 0.15) is 0 Å². The Balaban J connectivity index is 1.84. The molecule has 0 bridgehead atoms. The molecule has 0 saturated carbocycles. The number of rotatable bonds is 3. The first-order valence-electron chi connectivity index (χ1n) is 11.0. The molecular weight excluding hydrogens is 455 g/mol. The maximum atomic E-state index is 14.1. The Morgan fingerprint density at radius 1 is 1.06 bits per heavy atom. The normalized spacial score (nSPS) is 12.1. The zero-order valence-electron chi connectivity index (χ0n) is 19.9. The molecule has 0 unspecified atom stereocenters. The molecule has 0 amide bonds. The summed E-state index contributed by atoms with van der Waals surface area (Å²) in [4.78, 5) is 17.4. The summed E-state index contributed by atoms with van der Waals surface area (Å²) in [5, 5.41) is 10.3. The Morgan fingerprint density at radius 3 is 2.53 bits per heavy atom. The molecule has 2 N–H and O–H groups in total. The van der Waals surface area contributed by atoms with E-state index in [9.17, 15) is 9.65 Å². The molecule has 8 nitrogen and oxygen atoms in total. The second kappa shape index (κ2) is 8.33. The molecular formula is C27H21FN8. The van der Waals surface area contributed by atoms with E-state index in [0.29, 0.717) is 22.6 Å².